The second-order valence-corrected chi connectivity index (χ2v) is 3.89. The van der Waals surface area contributed by atoms with Gasteiger partial charge in [-0.15, -0.1) is 6.42 Å². The molecule has 0 spiro atoms. The van der Waals surface area contributed by atoms with E-state index < -0.39 is 5.97 Å². The van der Waals surface area contributed by atoms with Gasteiger partial charge in [-0.05, 0) is 18.8 Å². The number of piperidine rings is 1. The van der Waals surface area contributed by atoms with Crippen LogP contribution >= 0.6 is 0 Å². The number of urea groups is 1. The summed E-state index contributed by atoms with van der Waals surface area (Å²) in [6.07, 6.45) is 6.72. The van der Waals surface area contributed by atoms with Crippen LogP contribution in [0, 0.1) is 18.3 Å². The number of likely N-dealkylation sites (tertiary alicyclic amines) is 1. The van der Waals surface area contributed by atoms with Crippen molar-refractivity contribution in [2.24, 2.45) is 5.92 Å². The predicted octanol–water partition coefficient (Wildman–Crippen LogP) is 0.516. The molecule has 1 aliphatic rings. The van der Waals surface area contributed by atoms with E-state index in [-0.39, 0.29) is 24.9 Å². The highest BCUT2D eigenvalue weighted by atomic mass is 16.4. The van der Waals surface area contributed by atoms with E-state index in [0.717, 1.165) is 12.8 Å². The van der Waals surface area contributed by atoms with Crippen LogP contribution in [-0.4, -0.2) is 41.6 Å². The fraction of sp³-hybridized carbons (Fsp3) is 0.636. The fourth-order valence-electron chi connectivity index (χ4n) is 1.83. The van der Waals surface area contributed by atoms with Crippen LogP contribution in [0.1, 0.15) is 19.3 Å². The molecule has 0 bridgehead atoms. The molecule has 1 fully saturated rings. The van der Waals surface area contributed by atoms with Crippen molar-refractivity contribution in [3.63, 3.8) is 0 Å². The summed E-state index contributed by atoms with van der Waals surface area (Å²) in [6, 6.07) is -0.160. The van der Waals surface area contributed by atoms with Gasteiger partial charge in [0.2, 0.25) is 0 Å². The van der Waals surface area contributed by atoms with Gasteiger partial charge in [-0.3, -0.25) is 4.79 Å². The Morgan fingerprint density at radius 2 is 2.06 bits per heavy atom. The molecule has 0 atom stereocenters. The minimum Gasteiger partial charge on any atom is -0.481 e. The summed E-state index contributed by atoms with van der Waals surface area (Å²) in [6.45, 7) is 1.44. The van der Waals surface area contributed by atoms with Crippen LogP contribution in [0.3, 0.4) is 0 Å². The summed E-state index contributed by atoms with van der Waals surface area (Å²) < 4.78 is 0. The van der Waals surface area contributed by atoms with Crippen LogP contribution in [-0.2, 0) is 4.79 Å². The maximum absolute atomic E-state index is 11.5. The SMILES string of the molecule is C#CCNC(=O)N1CCC(CC(=O)O)CC1. The summed E-state index contributed by atoms with van der Waals surface area (Å²) in [5, 5.41) is 11.2. The van der Waals surface area contributed by atoms with Crippen LogP contribution in [0.25, 0.3) is 0 Å². The number of nitrogens with zero attached hydrogens (tertiary/aromatic N) is 1. The number of carbonyl (C=O) groups excluding carboxylic acids is 1. The van der Waals surface area contributed by atoms with Crippen molar-refractivity contribution < 1.29 is 14.7 Å². The van der Waals surface area contributed by atoms with Gasteiger partial charge in [-0.1, -0.05) is 5.92 Å². The average molecular weight is 224 g/mol. The summed E-state index contributed by atoms with van der Waals surface area (Å²) in [5.74, 6) is 1.76. The first-order valence-electron chi connectivity index (χ1n) is 5.31. The minimum absolute atomic E-state index is 0.160. The highest BCUT2D eigenvalue weighted by molar-refractivity contribution is 5.74. The van der Waals surface area contributed by atoms with E-state index >= 15 is 0 Å². The molecule has 0 aromatic rings. The van der Waals surface area contributed by atoms with Crippen molar-refractivity contribution in [2.75, 3.05) is 19.6 Å². The number of carboxylic acid groups (broad SMARTS) is 1. The van der Waals surface area contributed by atoms with Crippen LogP contribution in [0.15, 0.2) is 0 Å². The molecule has 88 valence electrons. The lowest BCUT2D eigenvalue weighted by Gasteiger charge is -2.31. The first-order valence-corrected chi connectivity index (χ1v) is 5.31. The molecule has 1 aliphatic heterocycles. The van der Waals surface area contributed by atoms with Gasteiger partial charge in [-0.25, -0.2) is 4.79 Å². The second kappa shape index (κ2) is 6.01. The molecule has 16 heavy (non-hydrogen) atoms. The van der Waals surface area contributed by atoms with E-state index in [1.165, 1.54) is 0 Å². The number of hydrogen-bond donors (Lipinski definition) is 2. The number of rotatable bonds is 3. The molecule has 5 nitrogen and oxygen atoms in total. The Labute approximate surface area is 94.8 Å². The van der Waals surface area contributed by atoms with Gasteiger partial charge in [0.15, 0.2) is 0 Å². The molecule has 0 radical (unpaired) electrons. The number of carboxylic acids is 1. The molecule has 2 amide bonds. The highest BCUT2D eigenvalue weighted by Gasteiger charge is 2.23. The van der Waals surface area contributed by atoms with E-state index in [1.807, 2.05) is 0 Å². The summed E-state index contributed by atoms with van der Waals surface area (Å²) >= 11 is 0. The molecule has 0 aromatic heterocycles. The number of hydrogen-bond acceptors (Lipinski definition) is 2. The number of aliphatic carboxylic acids is 1. The Morgan fingerprint density at radius 3 is 2.56 bits per heavy atom. The number of carbonyl (C=O) groups is 2. The lowest BCUT2D eigenvalue weighted by atomic mass is 9.94. The largest absolute Gasteiger partial charge is 0.481 e. The van der Waals surface area contributed by atoms with Gasteiger partial charge in [0.1, 0.15) is 0 Å². The third kappa shape index (κ3) is 3.81. The molecule has 5 heteroatoms. The summed E-state index contributed by atoms with van der Waals surface area (Å²) in [4.78, 5) is 23.7. The molecule has 0 saturated carbocycles. The van der Waals surface area contributed by atoms with Gasteiger partial charge in [0.25, 0.3) is 0 Å². The van der Waals surface area contributed by atoms with Gasteiger partial charge >= 0.3 is 12.0 Å². The van der Waals surface area contributed by atoms with Crippen LogP contribution in [0.2, 0.25) is 0 Å². The molecule has 1 rings (SSSR count). The van der Waals surface area contributed by atoms with Crippen molar-refractivity contribution in [2.45, 2.75) is 19.3 Å². The minimum atomic E-state index is -0.768. The maximum atomic E-state index is 11.5. The third-order valence-electron chi connectivity index (χ3n) is 2.71. The van der Waals surface area contributed by atoms with Crippen molar-refractivity contribution in [1.29, 1.82) is 0 Å². The van der Waals surface area contributed by atoms with Gasteiger partial charge in [0.05, 0.1) is 6.54 Å². The second-order valence-electron chi connectivity index (χ2n) is 3.89. The highest BCUT2D eigenvalue weighted by Crippen LogP contribution is 2.20. The number of terminal acetylenes is 1. The Bertz CT molecular complexity index is 301. The lowest BCUT2D eigenvalue weighted by molar-refractivity contribution is -0.138. The standard InChI is InChI=1S/C11H16N2O3/c1-2-5-12-11(16)13-6-3-9(4-7-13)8-10(14)15/h1,9H,3-8H2,(H,12,16)(H,14,15). The van der Waals surface area contributed by atoms with E-state index in [4.69, 9.17) is 11.5 Å². The molecular formula is C11H16N2O3. The van der Waals surface area contributed by atoms with Gasteiger partial charge in [-0.2, -0.15) is 0 Å². The lowest BCUT2D eigenvalue weighted by Crippen LogP contribution is -2.44. The molecule has 1 heterocycles. The molecule has 0 aliphatic carbocycles. The van der Waals surface area contributed by atoms with E-state index in [1.54, 1.807) is 4.90 Å². The first-order chi connectivity index (χ1) is 7.63. The molecule has 2 N–H and O–H groups in total. The third-order valence-corrected chi connectivity index (χ3v) is 2.71. The van der Waals surface area contributed by atoms with Crippen LogP contribution in [0.5, 0.6) is 0 Å². The maximum Gasteiger partial charge on any atom is 0.318 e. The Balaban J connectivity index is 2.29. The van der Waals surface area contributed by atoms with Crippen molar-refractivity contribution in [3.8, 4) is 12.3 Å². The van der Waals surface area contributed by atoms with E-state index in [0.29, 0.717) is 13.1 Å². The number of amides is 2. The summed E-state index contributed by atoms with van der Waals surface area (Å²) in [7, 11) is 0. The van der Waals surface area contributed by atoms with Gasteiger partial charge < -0.3 is 15.3 Å². The Kier molecular flexibility index (Phi) is 4.65. The van der Waals surface area contributed by atoms with E-state index in [2.05, 4.69) is 11.2 Å². The predicted molar refractivity (Wildman–Crippen MR) is 58.8 cm³/mol. The van der Waals surface area contributed by atoms with Crippen LogP contribution in [0.4, 0.5) is 4.79 Å². The zero-order valence-electron chi connectivity index (χ0n) is 9.11. The van der Waals surface area contributed by atoms with Crippen LogP contribution < -0.4 is 5.32 Å². The van der Waals surface area contributed by atoms with Gasteiger partial charge in [0, 0.05) is 19.5 Å². The molecular weight excluding hydrogens is 208 g/mol. The normalized spacial score (nSPS) is 16.6. The Morgan fingerprint density at radius 1 is 1.44 bits per heavy atom. The first kappa shape index (κ1) is 12.4. The summed E-state index contributed by atoms with van der Waals surface area (Å²) in [5.41, 5.74) is 0. The zero-order valence-corrected chi connectivity index (χ0v) is 9.11. The quantitative estimate of drug-likeness (QED) is 0.686. The smallest absolute Gasteiger partial charge is 0.318 e. The van der Waals surface area contributed by atoms with E-state index in [9.17, 15) is 9.59 Å². The topological polar surface area (TPSA) is 69.6 Å². The fourth-order valence-corrected chi connectivity index (χ4v) is 1.83. The average Bonchev–Trinajstić information content (AvgIpc) is 2.26. The number of nitrogens with one attached hydrogen (secondary N) is 1. The van der Waals surface area contributed by atoms with Crippen molar-refractivity contribution >= 4 is 12.0 Å². The molecule has 1 saturated heterocycles. The molecule has 0 unspecified atom stereocenters. The monoisotopic (exact) mass is 224 g/mol. The van der Waals surface area contributed by atoms with Crippen molar-refractivity contribution in [3.05, 3.63) is 0 Å². The zero-order chi connectivity index (χ0) is 12.0. The van der Waals surface area contributed by atoms with Crippen molar-refractivity contribution in [1.82, 2.24) is 10.2 Å². The molecule has 0 aromatic carbocycles. The Hall–Kier alpha value is -1.70.